The molecule has 0 saturated carbocycles. The van der Waals surface area contributed by atoms with Gasteiger partial charge in [0.05, 0.1) is 13.2 Å². The first-order valence-corrected chi connectivity index (χ1v) is 11.2. The molecule has 1 aromatic heterocycles. The molecule has 0 aliphatic carbocycles. The van der Waals surface area contributed by atoms with Crippen molar-refractivity contribution >= 4 is 41.1 Å². The van der Waals surface area contributed by atoms with Crippen LogP contribution in [-0.4, -0.2) is 81.7 Å². The van der Waals surface area contributed by atoms with E-state index >= 15 is 0 Å². The number of hydrogen-bond acceptors (Lipinski definition) is 5. The zero-order valence-corrected chi connectivity index (χ0v) is 19.1. The first-order valence-electron chi connectivity index (χ1n) is 10.4. The van der Waals surface area contributed by atoms with E-state index in [-0.39, 0.29) is 30.1 Å². The summed E-state index contributed by atoms with van der Waals surface area (Å²) in [5.74, 6) is -0.491. The molecule has 0 atom stereocenters. The van der Waals surface area contributed by atoms with Gasteiger partial charge in [-0.15, -0.1) is 0 Å². The number of piperazine rings is 1. The molecule has 1 fully saturated rings. The van der Waals surface area contributed by atoms with Gasteiger partial charge in [0, 0.05) is 60.9 Å². The van der Waals surface area contributed by atoms with Crippen molar-refractivity contribution in [3.63, 3.8) is 0 Å². The summed E-state index contributed by atoms with van der Waals surface area (Å²) >= 11 is 12.5. The van der Waals surface area contributed by atoms with E-state index in [0.717, 1.165) is 0 Å². The molecule has 0 N–H and O–H groups in total. The Labute approximate surface area is 195 Å². The van der Waals surface area contributed by atoms with E-state index < -0.39 is 0 Å². The molecule has 11 heteroatoms. The minimum Gasteiger partial charge on any atom is -0.450 e. The lowest BCUT2D eigenvalue weighted by Gasteiger charge is -2.33. The number of carbonyl (C=O) groups is 3. The number of benzene rings is 1. The summed E-state index contributed by atoms with van der Waals surface area (Å²) in [5.41, 5.74) is 1.26. The summed E-state index contributed by atoms with van der Waals surface area (Å²) in [4.78, 5) is 42.7. The van der Waals surface area contributed by atoms with Crippen molar-refractivity contribution in [2.75, 3.05) is 39.3 Å². The molecule has 32 heavy (non-hydrogen) atoms. The van der Waals surface area contributed by atoms with Crippen LogP contribution in [0, 0.1) is 0 Å². The van der Waals surface area contributed by atoms with Crippen LogP contribution in [-0.2, 0) is 17.8 Å². The van der Waals surface area contributed by atoms with Crippen molar-refractivity contribution < 1.29 is 19.1 Å². The molecular formula is C21H23Cl2N5O4. The highest BCUT2D eigenvalue weighted by molar-refractivity contribution is 6.36. The average Bonchev–Trinajstić information content (AvgIpc) is 3.23. The normalized spacial score (nSPS) is 16.2. The third-order valence-electron chi connectivity index (χ3n) is 5.59. The molecule has 2 aliphatic heterocycles. The summed E-state index contributed by atoms with van der Waals surface area (Å²) in [6.45, 7) is 4.79. The number of carbonyl (C=O) groups excluding carboxylic acids is 3. The van der Waals surface area contributed by atoms with Crippen LogP contribution in [0.4, 0.5) is 4.79 Å². The number of fused-ring (bicyclic) bond motifs is 1. The Balaban J connectivity index is 1.43. The lowest BCUT2D eigenvalue weighted by atomic mass is 10.1. The van der Waals surface area contributed by atoms with Crippen molar-refractivity contribution in [1.82, 2.24) is 24.5 Å². The Hall–Kier alpha value is -2.78. The lowest BCUT2D eigenvalue weighted by Crippen LogP contribution is -2.50. The average molecular weight is 480 g/mol. The van der Waals surface area contributed by atoms with E-state index in [1.165, 1.54) is 6.07 Å². The van der Waals surface area contributed by atoms with Crippen molar-refractivity contribution in [3.8, 4) is 0 Å². The Kier molecular flexibility index (Phi) is 6.57. The van der Waals surface area contributed by atoms with Gasteiger partial charge in [-0.2, -0.15) is 5.10 Å². The maximum absolute atomic E-state index is 13.0. The molecule has 2 aromatic rings. The molecule has 4 rings (SSSR count). The first-order chi connectivity index (χ1) is 15.4. The monoisotopic (exact) mass is 479 g/mol. The summed E-state index contributed by atoms with van der Waals surface area (Å²) in [6.07, 6.45) is -0.374. The second kappa shape index (κ2) is 9.38. The zero-order valence-electron chi connectivity index (χ0n) is 17.6. The largest absolute Gasteiger partial charge is 0.450 e. The first kappa shape index (κ1) is 22.4. The highest BCUT2D eigenvalue weighted by Crippen LogP contribution is 2.27. The van der Waals surface area contributed by atoms with Crippen LogP contribution >= 0.6 is 23.2 Å². The van der Waals surface area contributed by atoms with E-state index in [1.54, 1.807) is 44.5 Å². The standard InChI is InChI=1S/C21H23Cl2N5O4/c1-2-32-21(31)26-8-6-25(7-9-26)19(29)17-12-18-20(30)27(10-11-28(18)24-17)13-14-15(22)4-3-5-16(14)23/h3-5,12H,2,6-11,13H2,1H3. The topological polar surface area (TPSA) is 88.0 Å². The number of amides is 3. The van der Waals surface area contributed by atoms with Crippen LogP contribution in [0.1, 0.15) is 33.5 Å². The molecule has 2 aliphatic rings. The van der Waals surface area contributed by atoms with Crippen molar-refractivity contribution in [2.24, 2.45) is 0 Å². The predicted octanol–water partition coefficient (Wildman–Crippen LogP) is 2.76. The van der Waals surface area contributed by atoms with Gasteiger partial charge in [0.15, 0.2) is 5.69 Å². The van der Waals surface area contributed by atoms with Gasteiger partial charge in [0.1, 0.15) is 5.69 Å². The number of halogens is 2. The number of nitrogens with zero attached hydrogens (tertiary/aromatic N) is 5. The van der Waals surface area contributed by atoms with Gasteiger partial charge in [0.25, 0.3) is 11.8 Å². The van der Waals surface area contributed by atoms with E-state index in [4.69, 9.17) is 27.9 Å². The molecule has 3 heterocycles. The van der Waals surface area contributed by atoms with Crippen molar-refractivity contribution in [3.05, 3.63) is 51.3 Å². The third-order valence-corrected chi connectivity index (χ3v) is 6.30. The second-order valence-electron chi connectivity index (χ2n) is 7.54. The Morgan fingerprint density at radius 2 is 1.69 bits per heavy atom. The van der Waals surface area contributed by atoms with Gasteiger partial charge in [-0.25, -0.2) is 4.79 Å². The van der Waals surface area contributed by atoms with Crippen LogP contribution in [0.2, 0.25) is 10.0 Å². The van der Waals surface area contributed by atoms with Crippen LogP contribution in [0.5, 0.6) is 0 Å². The fourth-order valence-electron chi connectivity index (χ4n) is 3.84. The number of rotatable bonds is 4. The second-order valence-corrected chi connectivity index (χ2v) is 8.36. The van der Waals surface area contributed by atoms with E-state index in [2.05, 4.69) is 5.10 Å². The summed E-state index contributed by atoms with van der Waals surface area (Å²) in [7, 11) is 0. The predicted molar refractivity (Wildman–Crippen MR) is 118 cm³/mol. The molecule has 0 bridgehead atoms. The Morgan fingerprint density at radius 3 is 2.34 bits per heavy atom. The molecular weight excluding hydrogens is 457 g/mol. The lowest BCUT2D eigenvalue weighted by molar-refractivity contribution is 0.0564. The van der Waals surface area contributed by atoms with Crippen LogP contribution < -0.4 is 0 Å². The van der Waals surface area contributed by atoms with E-state index in [0.29, 0.717) is 67.2 Å². The Morgan fingerprint density at radius 1 is 1.03 bits per heavy atom. The van der Waals surface area contributed by atoms with Crippen molar-refractivity contribution in [1.29, 1.82) is 0 Å². The maximum Gasteiger partial charge on any atom is 0.409 e. The third kappa shape index (κ3) is 4.40. The fourth-order valence-corrected chi connectivity index (χ4v) is 4.35. The van der Waals surface area contributed by atoms with Gasteiger partial charge in [-0.3, -0.25) is 14.3 Å². The van der Waals surface area contributed by atoms with Gasteiger partial charge < -0.3 is 19.4 Å². The number of hydrogen-bond donors (Lipinski definition) is 0. The van der Waals surface area contributed by atoms with Crippen LogP contribution in [0.3, 0.4) is 0 Å². The maximum atomic E-state index is 13.0. The molecule has 1 saturated heterocycles. The number of aromatic nitrogens is 2. The van der Waals surface area contributed by atoms with Gasteiger partial charge in [-0.05, 0) is 19.1 Å². The van der Waals surface area contributed by atoms with Crippen LogP contribution in [0.15, 0.2) is 24.3 Å². The van der Waals surface area contributed by atoms with Gasteiger partial charge >= 0.3 is 6.09 Å². The van der Waals surface area contributed by atoms with Crippen LogP contribution in [0.25, 0.3) is 0 Å². The molecule has 0 unspecified atom stereocenters. The highest BCUT2D eigenvalue weighted by Gasteiger charge is 2.31. The minimum absolute atomic E-state index is 0.218. The summed E-state index contributed by atoms with van der Waals surface area (Å²) < 4.78 is 6.57. The molecule has 0 spiro atoms. The quantitative estimate of drug-likeness (QED) is 0.672. The summed E-state index contributed by atoms with van der Waals surface area (Å²) in [5, 5.41) is 5.36. The molecule has 1 aromatic carbocycles. The SMILES string of the molecule is CCOC(=O)N1CCN(C(=O)c2cc3n(n2)CCN(Cc2c(Cl)cccc2Cl)C3=O)CC1. The molecule has 9 nitrogen and oxygen atoms in total. The fraction of sp³-hybridized carbons (Fsp3) is 0.429. The Bertz CT molecular complexity index is 1030. The van der Waals surface area contributed by atoms with Gasteiger partial charge in [0.2, 0.25) is 0 Å². The molecule has 0 radical (unpaired) electrons. The highest BCUT2D eigenvalue weighted by atomic mass is 35.5. The molecule has 3 amide bonds. The molecule has 170 valence electrons. The van der Waals surface area contributed by atoms with E-state index in [9.17, 15) is 14.4 Å². The smallest absolute Gasteiger partial charge is 0.409 e. The van der Waals surface area contributed by atoms with E-state index in [1.807, 2.05) is 0 Å². The van der Waals surface area contributed by atoms with Gasteiger partial charge in [-0.1, -0.05) is 29.3 Å². The number of ether oxygens (including phenoxy) is 1. The zero-order chi connectivity index (χ0) is 22.8. The minimum atomic E-state index is -0.374. The summed E-state index contributed by atoms with van der Waals surface area (Å²) in [6, 6.07) is 6.76. The van der Waals surface area contributed by atoms with Crippen molar-refractivity contribution in [2.45, 2.75) is 20.0 Å².